The average molecular weight is 240 g/mol. The minimum atomic E-state index is -0.154. The number of carbonyl (C=O) groups excluding carboxylic acids is 1. The van der Waals surface area contributed by atoms with Gasteiger partial charge in [0.05, 0.1) is 0 Å². The van der Waals surface area contributed by atoms with Crippen LogP contribution in [-0.4, -0.2) is 6.29 Å². The van der Waals surface area contributed by atoms with E-state index in [2.05, 4.69) is 63.3 Å². The number of hydrogen-bond donors (Lipinski definition) is 0. The molecule has 0 saturated heterocycles. The van der Waals surface area contributed by atoms with Gasteiger partial charge in [0.25, 0.3) is 0 Å². The molecule has 0 fully saturated rings. The molecule has 1 aromatic carbocycles. The standard InChI is InChI=1S/C17H20O/c1-13-8-9-14-7-5-4-6-10-17(2,3)16(12-18)15(14)11-13/h4-6,8-12,16H,7H2,1-3H3/b5-4-,10-6-. The van der Waals surface area contributed by atoms with Gasteiger partial charge in [0.15, 0.2) is 0 Å². The molecule has 0 amide bonds. The van der Waals surface area contributed by atoms with E-state index in [1.54, 1.807) is 0 Å². The predicted octanol–water partition coefficient (Wildman–Crippen LogP) is 3.97. The van der Waals surface area contributed by atoms with Gasteiger partial charge in [-0.15, -0.1) is 0 Å². The molecular weight excluding hydrogens is 220 g/mol. The minimum absolute atomic E-state index is 0.0800. The molecule has 94 valence electrons. The Morgan fingerprint density at radius 2 is 2.06 bits per heavy atom. The molecule has 0 bridgehead atoms. The topological polar surface area (TPSA) is 17.1 Å². The SMILES string of the molecule is Cc1ccc2c(c1)C(C=O)C(C)(C)/C=C\C=C/C2. The maximum atomic E-state index is 11.6. The smallest absolute Gasteiger partial charge is 0.128 e. The number of allylic oxidation sites excluding steroid dienone is 4. The van der Waals surface area contributed by atoms with Crippen LogP contribution in [0, 0.1) is 12.3 Å². The number of aldehydes is 1. The molecule has 0 radical (unpaired) electrons. The van der Waals surface area contributed by atoms with Gasteiger partial charge in [0, 0.05) is 5.92 Å². The fourth-order valence-electron chi connectivity index (χ4n) is 2.52. The zero-order chi connectivity index (χ0) is 13.2. The molecule has 2 rings (SSSR count). The van der Waals surface area contributed by atoms with Gasteiger partial charge >= 0.3 is 0 Å². The van der Waals surface area contributed by atoms with Gasteiger partial charge in [0.1, 0.15) is 6.29 Å². The fraction of sp³-hybridized carbons (Fsp3) is 0.353. The highest BCUT2D eigenvalue weighted by Crippen LogP contribution is 2.38. The molecule has 1 atom stereocenters. The maximum absolute atomic E-state index is 11.6. The van der Waals surface area contributed by atoms with Crippen LogP contribution in [0.5, 0.6) is 0 Å². The zero-order valence-electron chi connectivity index (χ0n) is 11.3. The second kappa shape index (κ2) is 4.93. The van der Waals surface area contributed by atoms with Crippen LogP contribution in [0.3, 0.4) is 0 Å². The van der Waals surface area contributed by atoms with Crippen molar-refractivity contribution in [2.45, 2.75) is 33.1 Å². The Morgan fingerprint density at radius 3 is 2.78 bits per heavy atom. The monoisotopic (exact) mass is 240 g/mol. The summed E-state index contributed by atoms with van der Waals surface area (Å²) >= 11 is 0. The maximum Gasteiger partial charge on any atom is 0.128 e. The van der Waals surface area contributed by atoms with Gasteiger partial charge in [-0.25, -0.2) is 0 Å². The van der Waals surface area contributed by atoms with Gasteiger partial charge < -0.3 is 4.79 Å². The van der Waals surface area contributed by atoms with E-state index in [1.165, 1.54) is 16.7 Å². The van der Waals surface area contributed by atoms with Crippen molar-refractivity contribution in [1.82, 2.24) is 0 Å². The Kier molecular flexibility index (Phi) is 3.51. The van der Waals surface area contributed by atoms with Crippen molar-refractivity contribution in [2.75, 3.05) is 0 Å². The molecule has 18 heavy (non-hydrogen) atoms. The lowest BCUT2D eigenvalue weighted by atomic mass is 9.74. The van der Waals surface area contributed by atoms with E-state index in [0.717, 1.165) is 12.7 Å². The van der Waals surface area contributed by atoms with Gasteiger partial charge in [-0.05, 0) is 29.9 Å². The lowest BCUT2D eigenvalue weighted by Crippen LogP contribution is -2.22. The van der Waals surface area contributed by atoms with E-state index in [1.807, 2.05) is 0 Å². The lowest BCUT2D eigenvalue weighted by Gasteiger charge is -2.29. The molecule has 0 heterocycles. The van der Waals surface area contributed by atoms with Crippen molar-refractivity contribution in [3.05, 3.63) is 59.2 Å². The highest BCUT2D eigenvalue weighted by atomic mass is 16.1. The van der Waals surface area contributed by atoms with Gasteiger partial charge in [-0.2, -0.15) is 0 Å². The molecule has 0 N–H and O–H groups in total. The summed E-state index contributed by atoms with van der Waals surface area (Å²) in [5.41, 5.74) is 3.49. The zero-order valence-corrected chi connectivity index (χ0v) is 11.3. The highest BCUT2D eigenvalue weighted by molar-refractivity contribution is 5.66. The number of carbonyl (C=O) groups is 1. The highest BCUT2D eigenvalue weighted by Gasteiger charge is 2.29. The predicted molar refractivity (Wildman–Crippen MR) is 75.7 cm³/mol. The summed E-state index contributed by atoms with van der Waals surface area (Å²) in [6, 6.07) is 6.42. The summed E-state index contributed by atoms with van der Waals surface area (Å²) in [6.45, 7) is 6.31. The van der Waals surface area contributed by atoms with E-state index in [-0.39, 0.29) is 11.3 Å². The van der Waals surface area contributed by atoms with E-state index >= 15 is 0 Å². The van der Waals surface area contributed by atoms with E-state index in [0.29, 0.717) is 0 Å². The summed E-state index contributed by atoms with van der Waals surface area (Å²) in [7, 11) is 0. The summed E-state index contributed by atoms with van der Waals surface area (Å²) in [6.07, 6.45) is 10.4. The minimum Gasteiger partial charge on any atom is -0.303 e. The van der Waals surface area contributed by atoms with Crippen LogP contribution < -0.4 is 0 Å². The molecular formula is C17H20O. The molecule has 1 nitrogen and oxygen atoms in total. The first kappa shape index (κ1) is 12.8. The largest absolute Gasteiger partial charge is 0.303 e. The summed E-state index contributed by atoms with van der Waals surface area (Å²) in [5.74, 6) is -0.0800. The third kappa shape index (κ3) is 2.45. The third-order valence-corrected chi connectivity index (χ3v) is 3.68. The van der Waals surface area contributed by atoms with Crippen LogP contribution in [0.15, 0.2) is 42.5 Å². The molecule has 0 spiro atoms. The normalized spacial score (nSPS) is 25.2. The molecule has 1 unspecified atom stereocenters. The van der Waals surface area contributed by atoms with Gasteiger partial charge in [0.2, 0.25) is 0 Å². The summed E-state index contributed by atoms with van der Waals surface area (Å²) in [4.78, 5) is 11.6. The van der Waals surface area contributed by atoms with Crippen molar-refractivity contribution < 1.29 is 4.79 Å². The first-order chi connectivity index (χ1) is 8.54. The Morgan fingerprint density at radius 1 is 1.28 bits per heavy atom. The lowest BCUT2D eigenvalue weighted by molar-refractivity contribution is -0.110. The summed E-state index contributed by atoms with van der Waals surface area (Å²) < 4.78 is 0. The van der Waals surface area contributed by atoms with Crippen molar-refractivity contribution >= 4 is 6.29 Å². The van der Waals surface area contributed by atoms with Crippen molar-refractivity contribution in [3.63, 3.8) is 0 Å². The van der Waals surface area contributed by atoms with Gasteiger partial charge in [-0.1, -0.05) is 61.9 Å². The van der Waals surface area contributed by atoms with Crippen LogP contribution in [0.1, 0.15) is 36.5 Å². The fourth-order valence-corrected chi connectivity index (χ4v) is 2.52. The molecule has 1 heteroatoms. The van der Waals surface area contributed by atoms with Gasteiger partial charge in [-0.3, -0.25) is 0 Å². The Hall–Kier alpha value is -1.63. The number of hydrogen-bond acceptors (Lipinski definition) is 1. The van der Waals surface area contributed by atoms with E-state index in [9.17, 15) is 4.79 Å². The Labute approximate surface area is 109 Å². The molecule has 0 aliphatic heterocycles. The van der Waals surface area contributed by atoms with E-state index < -0.39 is 0 Å². The second-order valence-electron chi connectivity index (χ2n) is 5.63. The van der Waals surface area contributed by atoms with Crippen LogP contribution in [0.25, 0.3) is 0 Å². The molecule has 0 saturated carbocycles. The summed E-state index contributed by atoms with van der Waals surface area (Å²) in [5, 5.41) is 0. The van der Waals surface area contributed by atoms with Crippen molar-refractivity contribution in [1.29, 1.82) is 0 Å². The number of rotatable bonds is 1. The van der Waals surface area contributed by atoms with Crippen LogP contribution in [0.4, 0.5) is 0 Å². The third-order valence-electron chi connectivity index (χ3n) is 3.68. The number of benzene rings is 1. The number of aryl methyl sites for hydroxylation is 1. The Balaban J connectivity index is 2.61. The van der Waals surface area contributed by atoms with E-state index in [4.69, 9.17) is 0 Å². The number of fused-ring (bicyclic) bond motifs is 1. The first-order valence-corrected chi connectivity index (χ1v) is 6.43. The molecule has 0 aromatic heterocycles. The van der Waals surface area contributed by atoms with Crippen LogP contribution >= 0.6 is 0 Å². The van der Waals surface area contributed by atoms with Crippen molar-refractivity contribution in [3.8, 4) is 0 Å². The first-order valence-electron chi connectivity index (χ1n) is 6.43. The Bertz CT molecular complexity index is 506. The second-order valence-corrected chi connectivity index (χ2v) is 5.63. The van der Waals surface area contributed by atoms with Crippen LogP contribution in [-0.2, 0) is 11.2 Å². The van der Waals surface area contributed by atoms with Crippen LogP contribution in [0.2, 0.25) is 0 Å². The molecule has 1 aliphatic rings. The quantitative estimate of drug-likeness (QED) is 0.679. The average Bonchev–Trinajstić information content (AvgIpc) is 2.36. The molecule has 1 aromatic rings. The van der Waals surface area contributed by atoms with Crippen molar-refractivity contribution in [2.24, 2.45) is 5.41 Å². The molecule has 1 aliphatic carbocycles.